The van der Waals surface area contributed by atoms with Gasteiger partial charge in [-0.05, 0) is 24.3 Å². The Morgan fingerprint density at radius 1 is 1.04 bits per heavy atom. The van der Waals surface area contributed by atoms with Gasteiger partial charge in [-0.25, -0.2) is 4.98 Å². The van der Waals surface area contributed by atoms with Crippen molar-refractivity contribution in [3.8, 4) is 5.75 Å². The second kappa shape index (κ2) is 6.72. The van der Waals surface area contributed by atoms with Gasteiger partial charge in [0.15, 0.2) is 5.13 Å². The Morgan fingerprint density at radius 2 is 1.76 bits per heavy atom. The number of rotatable bonds is 3. The summed E-state index contributed by atoms with van der Waals surface area (Å²) in [5.41, 5.74) is 1.66. The average molecular weight is 353 g/mol. The third-order valence-corrected chi connectivity index (χ3v) is 5.55. The first-order chi connectivity index (χ1) is 12.3. The lowest BCUT2D eigenvalue weighted by molar-refractivity contribution is 0.0743. The second-order valence-corrected chi connectivity index (χ2v) is 6.95. The lowest BCUT2D eigenvalue weighted by Crippen LogP contribution is -2.48. The minimum Gasteiger partial charge on any atom is -0.496 e. The topological polar surface area (TPSA) is 45.7 Å². The van der Waals surface area contributed by atoms with E-state index in [1.807, 2.05) is 47.4 Å². The largest absolute Gasteiger partial charge is 0.496 e. The molecule has 1 aliphatic heterocycles. The molecule has 25 heavy (non-hydrogen) atoms. The van der Waals surface area contributed by atoms with Crippen molar-refractivity contribution in [2.24, 2.45) is 0 Å². The van der Waals surface area contributed by atoms with Gasteiger partial charge in [0.05, 0.1) is 22.9 Å². The summed E-state index contributed by atoms with van der Waals surface area (Å²) >= 11 is 1.71. The highest BCUT2D eigenvalue weighted by Crippen LogP contribution is 2.29. The summed E-state index contributed by atoms with van der Waals surface area (Å²) < 4.78 is 6.51. The molecule has 6 heteroatoms. The molecule has 2 heterocycles. The molecule has 1 saturated heterocycles. The van der Waals surface area contributed by atoms with E-state index in [4.69, 9.17) is 9.72 Å². The van der Waals surface area contributed by atoms with Crippen molar-refractivity contribution in [2.75, 3.05) is 38.2 Å². The van der Waals surface area contributed by atoms with Gasteiger partial charge in [0.25, 0.3) is 5.91 Å². The summed E-state index contributed by atoms with van der Waals surface area (Å²) in [7, 11) is 1.59. The van der Waals surface area contributed by atoms with Gasteiger partial charge in [-0.15, -0.1) is 0 Å². The van der Waals surface area contributed by atoms with Crippen LogP contribution in [0.3, 0.4) is 0 Å². The molecule has 2 aromatic carbocycles. The molecule has 128 valence electrons. The summed E-state index contributed by atoms with van der Waals surface area (Å²) in [5, 5.41) is 1.03. The normalized spacial score (nSPS) is 14.8. The number of methoxy groups -OCH3 is 1. The van der Waals surface area contributed by atoms with E-state index in [1.165, 1.54) is 4.70 Å². The maximum Gasteiger partial charge on any atom is 0.257 e. The lowest BCUT2D eigenvalue weighted by atomic mass is 10.1. The van der Waals surface area contributed by atoms with Gasteiger partial charge in [0.1, 0.15) is 5.75 Å². The highest BCUT2D eigenvalue weighted by molar-refractivity contribution is 7.22. The molecule has 1 aliphatic rings. The smallest absolute Gasteiger partial charge is 0.257 e. The van der Waals surface area contributed by atoms with Gasteiger partial charge in [-0.3, -0.25) is 4.79 Å². The fourth-order valence-electron chi connectivity index (χ4n) is 3.09. The Morgan fingerprint density at radius 3 is 2.52 bits per heavy atom. The summed E-state index contributed by atoms with van der Waals surface area (Å²) in [6, 6.07) is 15.6. The van der Waals surface area contributed by atoms with Crippen LogP contribution in [0.25, 0.3) is 10.2 Å². The van der Waals surface area contributed by atoms with Crippen LogP contribution >= 0.6 is 11.3 Å². The fraction of sp³-hybridized carbons (Fsp3) is 0.263. The molecule has 0 bridgehead atoms. The number of benzene rings is 2. The minimum absolute atomic E-state index is 0.0291. The third kappa shape index (κ3) is 3.05. The Kier molecular flexibility index (Phi) is 4.28. The quantitative estimate of drug-likeness (QED) is 0.725. The number of anilines is 1. The van der Waals surface area contributed by atoms with E-state index >= 15 is 0 Å². The number of fused-ring (bicyclic) bond motifs is 1. The van der Waals surface area contributed by atoms with Crippen LogP contribution in [-0.4, -0.2) is 49.1 Å². The Balaban J connectivity index is 1.46. The molecule has 0 N–H and O–H groups in total. The highest BCUT2D eigenvalue weighted by atomic mass is 32.1. The van der Waals surface area contributed by atoms with Crippen molar-refractivity contribution < 1.29 is 9.53 Å². The zero-order valence-electron chi connectivity index (χ0n) is 14.0. The zero-order valence-corrected chi connectivity index (χ0v) is 14.8. The first-order valence-corrected chi connectivity index (χ1v) is 9.11. The molecule has 5 nitrogen and oxygen atoms in total. The van der Waals surface area contributed by atoms with E-state index in [0.29, 0.717) is 24.4 Å². The van der Waals surface area contributed by atoms with E-state index < -0.39 is 0 Å². The lowest BCUT2D eigenvalue weighted by Gasteiger charge is -2.34. The molecule has 3 aromatic rings. The van der Waals surface area contributed by atoms with E-state index in [2.05, 4.69) is 11.0 Å². The number of amides is 1. The van der Waals surface area contributed by atoms with E-state index in [0.717, 1.165) is 23.7 Å². The summed E-state index contributed by atoms with van der Waals surface area (Å²) in [5.74, 6) is 0.655. The van der Waals surface area contributed by atoms with Crippen LogP contribution in [0.1, 0.15) is 10.4 Å². The van der Waals surface area contributed by atoms with Gasteiger partial charge in [0, 0.05) is 26.2 Å². The fourth-order valence-corrected chi connectivity index (χ4v) is 4.11. The van der Waals surface area contributed by atoms with Crippen LogP contribution in [0.2, 0.25) is 0 Å². The first-order valence-electron chi connectivity index (χ1n) is 8.29. The number of piperazine rings is 1. The number of aromatic nitrogens is 1. The van der Waals surface area contributed by atoms with Gasteiger partial charge in [0.2, 0.25) is 0 Å². The molecule has 0 spiro atoms. The molecule has 0 saturated carbocycles. The number of nitrogens with zero attached hydrogens (tertiary/aromatic N) is 3. The summed E-state index contributed by atoms with van der Waals surface area (Å²) in [6.07, 6.45) is 0. The number of ether oxygens (including phenoxy) is 1. The van der Waals surface area contributed by atoms with Crippen LogP contribution in [0.4, 0.5) is 5.13 Å². The van der Waals surface area contributed by atoms with Gasteiger partial charge >= 0.3 is 0 Å². The molecule has 0 atom stereocenters. The number of hydrogen-bond donors (Lipinski definition) is 0. The molecular formula is C19H19N3O2S. The molecule has 1 aromatic heterocycles. The molecule has 0 unspecified atom stereocenters. The van der Waals surface area contributed by atoms with Crippen molar-refractivity contribution in [1.82, 2.24) is 9.88 Å². The summed E-state index contributed by atoms with van der Waals surface area (Å²) in [4.78, 5) is 21.6. The monoisotopic (exact) mass is 353 g/mol. The van der Waals surface area contributed by atoms with Crippen molar-refractivity contribution >= 4 is 32.6 Å². The number of carbonyl (C=O) groups excluding carboxylic acids is 1. The molecular weight excluding hydrogens is 334 g/mol. The van der Waals surface area contributed by atoms with Gasteiger partial charge in [-0.1, -0.05) is 35.6 Å². The highest BCUT2D eigenvalue weighted by Gasteiger charge is 2.25. The Hall–Kier alpha value is -2.60. The van der Waals surface area contributed by atoms with Crippen molar-refractivity contribution in [1.29, 1.82) is 0 Å². The molecule has 4 rings (SSSR count). The van der Waals surface area contributed by atoms with Crippen LogP contribution < -0.4 is 9.64 Å². The van der Waals surface area contributed by atoms with Crippen LogP contribution in [0, 0.1) is 0 Å². The maximum absolute atomic E-state index is 12.8. The molecule has 0 radical (unpaired) electrons. The van der Waals surface area contributed by atoms with Gasteiger partial charge in [-0.2, -0.15) is 0 Å². The van der Waals surface area contributed by atoms with E-state index in [9.17, 15) is 4.79 Å². The van der Waals surface area contributed by atoms with E-state index in [-0.39, 0.29) is 5.91 Å². The number of hydrogen-bond acceptors (Lipinski definition) is 5. The van der Waals surface area contributed by atoms with Crippen molar-refractivity contribution in [2.45, 2.75) is 0 Å². The third-order valence-electron chi connectivity index (χ3n) is 4.46. The number of carbonyl (C=O) groups is 1. The predicted octanol–water partition coefficient (Wildman–Crippen LogP) is 3.27. The van der Waals surface area contributed by atoms with Crippen LogP contribution in [0.15, 0.2) is 48.5 Å². The summed E-state index contributed by atoms with van der Waals surface area (Å²) in [6.45, 7) is 2.96. The predicted molar refractivity (Wildman–Crippen MR) is 101 cm³/mol. The van der Waals surface area contributed by atoms with Gasteiger partial charge < -0.3 is 14.5 Å². The zero-order chi connectivity index (χ0) is 17.2. The first kappa shape index (κ1) is 15.9. The molecule has 1 fully saturated rings. The Labute approximate surface area is 150 Å². The minimum atomic E-state index is 0.0291. The average Bonchev–Trinajstić information content (AvgIpc) is 3.12. The Bertz CT molecular complexity index is 867. The van der Waals surface area contributed by atoms with Crippen molar-refractivity contribution in [3.05, 3.63) is 54.1 Å². The van der Waals surface area contributed by atoms with Crippen LogP contribution in [0.5, 0.6) is 5.75 Å². The van der Waals surface area contributed by atoms with E-state index in [1.54, 1.807) is 18.4 Å². The number of para-hydroxylation sites is 2. The SMILES string of the molecule is COc1ccccc1C(=O)N1CCN(c2nc3ccccc3s2)CC1. The van der Waals surface area contributed by atoms with Crippen LogP contribution in [-0.2, 0) is 0 Å². The number of thiazole rings is 1. The standard InChI is InChI=1S/C19H19N3O2S/c1-24-16-8-4-2-6-14(16)18(23)21-10-12-22(13-11-21)19-20-15-7-3-5-9-17(15)25-19/h2-9H,10-13H2,1H3. The molecule has 0 aliphatic carbocycles. The maximum atomic E-state index is 12.8. The second-order valence-electron chi connectivity index (χ2n) is 5.94. The van der Waals surface area contributed by atoms with Crippen molar-refractivity contribution in [3.63, 3.8) is 0 Å². The molecule has 1 amide bonds.